The molecule has 114 valence electrons. The summed E-state index contributed by atoms with van der Waals surface area (Å²) in [6.45, 7) is 8.36. The molecule has 1 saturated heterocycles. The predicted octanol–water partition coefficient (Wildman–Crippen LogP) is 2.93. The molecule has 0 amide bonds. The van der Waals surface area contributed by atoms with Crippen molar-refractivity contribution in [2.45, 2.75) is 58.2 Å². The van der Waals surface area contributed by atoms with Gasteiger partial charge in [-0.15, -0.1) is 11.3 Å². The molecular weight excluding hydrogens is 268 g/mol. The molecule has 3 atom stereocenters. The van der Waals surface area contributed by atoms with Gasteiger partial charge in [-0.05, 0) is 69.1 Å². The molecule has 1 aliphatic heterocycles. The lowest BCUT2D eigenvalue weighted by molar-refractivity contribution is 0.0502. The summed E-state index contributed by atoms with van der Waals surface area (Å²) in [5.41, 5.74) is 7.78. The first-order valence-corrected chi connectivity index (χ1v) is 8.64. The predicted molar refractivity (Wildman–Crippen MR) is 86.0 cm³/mol. The summed E-state index contributed by atoms with van der Waals surface area (Å²) >= 11 is 1.83. The number of aliphatic hydroxyl groups excluding tert-OH is 1. The fourth-order valence-corrected chi connectivity index (χ4v) is 4.36. The maximum Gasteiger partial charge on any atom is 0.0596 e. The number of aryl methyl sites for hydroxylation is 1. The quantitative estimate of drug-likeness (QED) is 0.878. The van der Waals surface area contributed by atoms with E-state index in [0.29, 0.717) is 12.0 Å². The van der Waals surface area contributed by atoms with Crippen molar-refractivity contribution in [1.29, 1.82) is 0 Å². The number of likely N-dealkylation sites (tertiary alicyclic amines) is 1. The molecule has 2 rings (SSSR count). The number of aliphatic hydroxyl groups is 1. The zero-order valence-corrected chi connectivity index (χ0v) is 13.7. The van der Waals surface area contributed by atoms with Crippen LogP contribution in [0.5, 0.6) is 0 Å². The molecule has 0 aliphatic carbocycles. The molecule has 20 heavy (non-hydrogen) atoms. The summed E-state index contributed by atoms with van der Waals surface area (Å²) < 4.78 is 0. The molecule has 4 heteroatoms. The average molecular weight is 296 g/mol. The summed E-state index contributed by atoms with van der Waals surface area (Å²) in [7, 11) is 0. The van der Waals surface area contributed by atoms with E-state index < -0.39 is 0 Å². The van der Waals surface area contributed by atoms with Gasteiger partial charge in [0, 0.05) is 10.9 Å². The molecule has 0 bridgehead atoms. The third-order valence-electron chi connectivity index (χ3n) is 4.70. The minimum atomic E-state index is -0.182. The number of nitrogens with zero attached hydrogens (tertiary/aromatic N) is 1. The van der Waals surface area contributed by atoms with Gasteiger partial charge in [-0.25, -0.2) is 0 Å². The van der Waals surface area contributed by atoms with Crippen LogP contribution in [0.4, 0.5) is 0 Å². The first-order valence-electron chi connectivity index (χ1n) is 7.76. The number of hydrogen-bond acceptors (Lipinski definition) is 4. The number of thiophene rings is 1. The highest BCUT2D eigenvalue weighted by Gasteiger charge is 2.32. The van der Waals surface area contributed by atoms with Crippen molar-refractivity contribution in [2.24, 2.45) is 11.7 Å². The third kappa shape index (κ3) is 3.42. The molecule has 1 aliphatic rings. The Morgan fingerprint density at radius 2 is 2.10 bits per heavy atom. The van der Waals surface area contributed by atoms with Crippen molar-refractivity contribution in [3.8, 4) is 0 Å². The Hall–Kier alpha value is -0.420. The lowest BCUT2D eigenvalue weighted by Crippen LogP contribution is -2.45. The molecule has 0 radical (unpaired) electrons. The van der Waals surface area contributed by atoms with Gasteiger partial charge in [0.25, 0.3) is 0 Å². The van der Waals surface area contributed by atoms with E-state index in [0.717, 1.165) is 32.4 Å². The molecule has 1 fully saturated rings. The lowest BCUT2D eigenvalue weighted by atomic mass is 9.89. The fraction of sp³-hybridized carbons (Fsp3) is 0.750. The van der Waals surface area contributed by atoms with Gasteiger partial charge in [-0.3, -0.25) is 4.90 Å². The summed E-state index contributed by atoms with van der Waals surface area (Å²) in [5, 5.41) is 11.9. The maximum absolute atomic E-state index is 9.74. The van der Waals surface area contributed by atoms with Crippen molar-refractivity contribution >= 4 is 11.3 Å². The van der Waals surface area contributed by atoms with Crippen molar-refractivity contribution in [2.75, 3.05) is 13.1 Å². The molecule has 0 spiro atoms. The topological polar surface area (TPSA) is 49.5 Å². The molecule has 1 aromatic rings. The monoisotopic (exact) mass is 296 g/mol. The summed E-state index contributed by atoms with van der Waals surface area (Å²) in [6, 6.07) is 2.73. The highest BCUT2D eigenvalue weighted by molar-refractivity contribution is 7.10. The van der Waals surface area contributed by atoms with Crippen molar-refractivity contribution in [1.82, 2.24) is 4.90 Å². The van der Waals surface area contributed by atoms with Gasteiger partial charge in [-0.1, -0.05) is 6.92 Å². The van der Waals surface area contributed by atoms with Gasteiger partial charge < -0.3 is 10.8 Å². The molecule has 3 nitrogen and oxygen atoms in total. The Morgan fingerprint density at radius 3 is 2.55 bits per heavy atom. The van der Waals surface area contributed by atoms with Crippen molar-refractivity contribution in [3.63, 3.8) is 0 Å². The van der Waals surface area contributed by atoms with Gasteiger partial charge in [0.15, 0.2) is 0 Å². The number of rotatable bonds is 5. The van der Waals surface area contributed by atoms with Crippen molar-refractivity contribution < 1.29 is 5.11 Å². The highest BCUT2D eigenvalue weighted by Crippen LogP contribution is 2.35. The number of nitrogens with two attached hydrogens (primary N) is 1. The number of hydrogen-bond donors (Lipinski definition) is 2. The van der Waals surface area contributed by atoms with Crippen LogP contribution < -0.4 is 5.73 Å². The largest absolute Gasteiger partial charge is 0.393 e. The average Bonchev–Trinajstić information content (AvgIpc) is 2.85. The van der Waals surface area contributed by atoms with Crippen LogP contribution in [0.15, 0.2) is 11.4 Å². The van der Waals surface area contributed by atoms with E-state index in [9.17, 15) is 5.11 Å². The summed E-state index contributed by atoms with van der Waals surface area (Å²) in [5.74, 6) is 0.453. The highest BCUT2D eigenvalue weighted by atomic mass is 32.1. The Kier molecular flexibility index (Phi) is 5.61. The van der Waals surface area contributed by atoms with E-state index in [4.69, 9.17) is 5.73 Å². The van der Waals surface area contributed by atoms with E-state index >= 15 is 0 Å². The first-order chi connectivity index (χ1) is 9.54. The second kappa shape index (κ2) is 7.03. The van der Waals surface area contributed by atoms with Crippen LogP contribution in [0.1, 0.15) is 49.6 Å². The molecular formula is C16H28N2OS. The Labute approximate surface area is 126 Å². The number of piperidine rings is 1. The molecule has 3 unspecified atom stereocenters. The van der Waals surface area contributed by atoms with Crippen LogP contribution in [0.2, 0.25) is 0 Å². The zero-order chi connectivity index (χ0) is 14.7. The van der Waals surface area contributed by atoms with E-state index in [2.05, 4.69) is 30.2 Å². The van der Waals surface area contributed by atoms with Crippen LogP contribution in [-0.2, 0) is 0 Å². The second-order valence-electron chi connectivity index (χ2n) is 6.10. The summed E-state index contributed by atoms with van der Waals surface area (Å²) in [6.07, 6.45) is 2.97. The van der Waals surface area contributed by atoms with Crippen LogP contribution in [-0.4, -0.2) is 35.2 Å². The van der Waals surface area contributed by atoms with Crippen molar-refractivity contribution in [3.05, 3.63) is 21.9 Å². The zero-order valence-electron chi connectivity index (χ0n) is 12.9. The van der Waals surface area contributed by atoms with Crippen LogP contribution in [0.3, 0.4) is 0 Å². The fourth-order valence-electron chi connectivity index (χ4n) is 3.22. The van der Waals surface area contributed by atoms with Gasteiger partial charge in [0.05, 0.1) is 12.1 Å². The van der Waals surface area contributed by atoms with Gasteiger partial charge in [0.1, 0.15) is 0 Å². The van der Waals surface area contributed by atoms with Gasteiger partial charge in [0.2, 0.25) is 0 Å². The summed E-state index contributed by atoms with van der Waals surface area (Å²) in [4.78, 5) is 3.96. The Balaban J connectivity index is 2.11. The standard InChI is InChI=1S/C16H28N2OS/c1-4-14(17)15(16-11(2)7-10-20-16)18-8-5-13(6-9-18)12(3)19/h7,10,12-15,19H,4-6,8-9,17H2,1-3H3. The lowest BCUT2D eigenvalue weighted by Gasteiger charge is -2.40. The second-order valence-corrected chi connectivity index (χ2v) is 7.05. The SMILES string of the molecule is CCC(N)C(c1sccc1C)N1CCC(C(C)O)CC1. The first kappa shape index (κ1) is 16.0. The minimum absolute atomic E-state index is 0.182. The van der Waals surface area contributed by atoms with E-state index in [-0.39, 0.29) is 12.1 Å². The van der Waals surface area contributed by atoms with Crippen LogP contribution in [0.25, 0.3) is 0 Å². The van der Waals surface area contributed by atoms with Gasteiger partial charge >= 0.3 is 0 Å². The molecule has 1 aromatic heterocycles. The molecule has 0 aromatic carbocycles. The Bertz CT molecular complexity index is 410. The van der Waals surface area contributed by atoms with Crippen LogP contribution in [0, 0.1) is 12.8 Å². The molecule has 2 heterocycles. The van der Waals surface area contributed by atoms with Gasteiger partial charge in [-0.2, -0.15) is 0 Å². The molecule has 0 saturated carbocycles. The Morgan fingerprint density at radius 1 is 1.45 bits per heavy atom. The maximum atomic E-state index is 9.74. The normalized spacial score (nSPS) is 22.6. The van der Waals surface area contributed by atoms with E-state index in [1.807, 2.05) is 18.3 Å². The molecule has 3 N–H and O–H groups in total. The van der Waals surface area contributed by atoms with E-state index in [1.165, 1.54) is 10.4 Å². The van der Waals surface area contributed by atoms with E-state index in [1.54, 1.807) is 0 Å². The van der Waals surface area contributed by atoms with Crippen LogP contribution >= 0.6 is 11.3 Å². The minimum Gasteiger partial charge on any atom is -0.393 e. The third-order valence-corrected chi connectivity index (χ3v) is 5.79. The smallest absolute Gasteiger partial charge is 0.0596 e.